The fourth-order valence-corrected chi connectivity index (χ4v) is 7.24. The normalized spacial score (nSPS) is 16.2. The maximum Gasteiger partial charge on any atom is 0.326 e. The van der Waals surface area contributed by atoms with Crippen molar-refractivity contribution in [1.29, 1.82) is 0 Å². The first-order valence-electron chi connectivity index (χ1n) is 24.3. The van der Waals surface area contributed by atoms with E-state index in [0.29, 0.717) is 19.3 Å². The van der Waals surface area contributed by atoms with Gasteiger partial charge in [-0.05, 0) is 73.0 Å². The molecule has 0 aromatic heterocycles. The fraction of sp³-hybridized carbons (Fsp3) is 0.812. The Balaban J connectivity index is 6.19. The number of carbonyl (C=O) groups is 9. The van der Waals surface area contributed by atoms with E-state index in [4.69, 9.17) is 5.73 Å². The summed E-state index contributed by atoms with van der Waals surface area (Å²) in [7, 11) is 0. The van der Waals surface area contributed by atoms with Crippen molar-refractivity contribution in [2.75, 3.05) is 6.54 Å². The molecule has 0 saturated heterocycles. The van der Waals surface area contributed by atoms with Crippen LogP contribution in [0.2, 0.25) is 0 Å². The average molecular weight is 952 g/mol. The van der Waals surface area contributed by atoms with Crippen molar-refractivity contribution in [3.8, 4) is 0 Å². The highest BCUT2D eigenvalue weighted by Crippen LogP contribution is 2.15. The van der Waals surface area contributed by atoms with Gasteiger partial charge in [0.25, 0.3) is 0 Å². The number of carboxylic acids is 1. The van der Waals surface area contributed by atoms with Gasteiger partial charge in [-0.2, -0.15) is 0 Å². The van der Waals surface area contributed by atoms with Crippen LogP contribution in [0.25, 0.3) is 0 Å². The molecule has 8 amide bonds. The third-order valence-corrected chi connectivity index (χ3v) is 11.6. The molecule has 11 N–H and O–H groups in total. The SMILES string of the molecule is CCC(C)C(NC(=O)CNC(=O)C(NC(=O)C(NC(=O)C(N)CC(C)C)C(C)CC)C(C)C)C(=O)NC(CC(C)C)C(=O)NC(CC(C)C)C(=O)NC(C(=O)NC(CC(C)C)C(=O)O)C(C)C. The molecule has 0 aromatic carbocycles. The first kappa shape index (κ1) is 62.2. The van der Waals surface area contributed by atoms with Gasteiger partial charge in [0.2, 0.25) is 47.3 Å². The zero-order chi connectivity index (χ0) is 52.0. The summed E-state index contributed by atoms with van der Waals surface area (Å²) >= 11 is 0. The van der Waals surface area contributed by atoms with Crippen molar-refractivity contribution < 1.29 is 48.3 Å². The summed E-state index contributed by atoms with van der Waals surface area (Å²) < 4.78 is 0. The number of nitrogens with two attached hydrogens (primary N) is 1. The van der Waals surface area contributed by atoms with Crippen molar-refractivity contribution in [3.63, 3.8) is 0 Å². The molecule has 0 radical (unpaired) electrons. The van der Waals surface area contributed by atoms with Gasteiger partial charge >= 0.3 is 5.97 Å². The summed E-state index contributed by atoms with van der Waals surface area (Å²) in [6, 6.07) is -8.53. The van der Waals surface area contributed by atoms with Gasteiger partial charge < -0.3 is 53.4 Å². The van der Waals surface area contributed by atoms with E-state index in [1.165, 1.54) is 0 Å². The second-order valence-corrected chi connectivity index (χ2v) is 20.6. The minimum Gasteiger partial charge on any atom is -0.480 e. The summed E-state index contributed by atoms with van der Waals surface area (Å²) in [5.74, 6) is -7.86. The van der Waals surface area contributed by atoms with E-state index in [2.05, 4.69) is 42.5 Å². The van der Waals surface area contributed by atoms with Gasteiger partial charge in [0.15, 0.2) is 0 Å². The highest BCUT2D eigenvalue weighted by Gasteiger charge is 2.36. The number of amides is 8. The second-order valence-electron chi connectivity index (χ2n) is 20.6. The predicted molar refractivity (Wildman–Crippen MR) is 259 cm³/mol. The van der Waals surface area contributed by atoms with Crippen LogP contribution in [-0.4, -0.2) is 113 Å². The minimum absolute atomic E-state index is 0.0230. The molecule has 0 rings (SSSR count). The van der Waals surface area contributed by atoms with E-state index in [1.54, 1.807) is 41.5 Å². The molecule has 0 aromatic rings. The van der Waals surface area contributed by atoms with Crippen LogP contribution in [-0.2, 0) is 43.2 Å². The van der Waals surface area contributed by atoms with Gasteiger partial charge in [-0.3, -0.25) is 38.4 Å². The Morgan fingerprint density at radius 2 is 0.731 bits per heavy atom. The second kappa shape index (κ2) is 30.5. The molecule has 386 valence electrons. The lowest BCUT2D eigenvalue weighted by Crippen LogP contribution is -2.61. The number of carbonyl (C=O) groups excluding carboxylic acids is 8. The molecule has 0 saturated carbocycles. The molecule has 0 spiro atoms. The third-order valence-electron chi connectivity index (χ3n) is 11.6. The monoisotopic (exact) mass is 952 g/mol. The molecule has 19 heteroatoms. The zero-order valence-corrected chi connectivity index (χ0v) is 43.4. The molecule has 10 unspecified atom stereocenters. The average Bonchev–Trinajstić information content (AvgIpc) is 3.21. The smallest absolute Gasteiger partial charge is 0.326 e. The van der Waals surface area contributed by atoms with Crippen molar-refractivity contribution in [2.45, 2.75) is 198 Å². The van der Waals surface area contributed by atoms with Gasteiger partial charge in [-0.15, -0.1) is 0 Å². The largest absolute Gasteiger partial charge is 0.480 e. The Kier molecular flexibility index (Phi) is 28.4. The number of carboxylic acid groups (broad SMARTS) is 1. The zero-order valence-electron chi connectivity index (χ0n) is 43.4. The van der Waals surface area contributed by atoms with Gasteiger partial charge in [0.05, 0.1) is 12.6 Å². The van der Waals surface area contributed by atoms with Crippen LogP contribution >= 0.6 is 0 Å². The molecule has 0 aliphatic carbocycles. The summed E-state index contributed by atoms with van der Waals surface area (Å²) in [5, 5.41) is 31.2. The molecule has 0 bridgehead atoms. The van der Waals surface area contributed by atoms with E-state index in [9.17, 15) is 48.3 Å². The van der Waals surface area contributed by atoms with Crippen LogP contribution in [0.15, 0.2) is 0 Å². The third kappa shape index (κ3) is 23.2. The maximum atomic E-state index is 14.0. The lowest BCUT2D eigenvalue weighted by molar-refractivity contribution is -0.143. The van der Waals surface area contributed by atoms with Gasteiger partial charge in [-0.1, -0.05) is 124 Å². The Labute approximate surface area is 400 Å². The van der Waals surface area contributed by atoms with E-state index in [1.807, 2.05) is 69.2 Å². The van der Waals surface area contributed by atoms with Crippen molar-refractivity contribution in [1.82, 2.24) is 42.5 Å². The minimum atomic E-state index is -1.20. The van der Waals surface area contributed by atoms with Crippen molar-refractivity contribution in [2.24, 2.45) is 53.1 Å². The number of hydrogen-bond donors (Lipinski definition) is 10. The Hall–Kier alpha value is -4.81. The number of rotatable bonds is 31. The maximum absolute atomic E-state index is 14.0. The van der Waals surface area contributed by atoms with Gasteiger partial charge in [0, 0.05) is 0 Å². The summed E-state index contributed by atoms with van der Waals surface area (Å²) in [6.45, 7) is 28.5. The first-order valence-corrected chi connectivity index (χ1v) is 24.3. The van der Waals surface area contributed by atoms with E-state index in [-0.39, 0.29) is 48.9 Å². The first-order chi connectivity index (χ1) is 31.0. The number of aliphatic carboxylic acids is 1. The van der Waals surface area contributed by atoms with E-state index >= 15 is 0 Å². The van der Waals surface area contributed by atoms with Crippen LogP contribution in [0.5, 0.6) is 0 Å². The lowest BCUT2D eigenvalue weighted by atomic mass is 9.95. The summed E-state index contributed by atoms with van der Waals surface area (Å²) in [4.78, 5) is 120. The van der Waals surface area contributed by atoms with Crippen molar-refractivity contribution in [3.05, 3.63) is 0 Å². The number of hydrogen-bond acceptors (Lipinski definition) is 10. The topological polar surface area (TPSA) is 296 Å². The Morgan fingerprint density at radius 3 is 1.15 bits per heavy atom. The number of nitrogens with one attached hydrogen (secondary N) is 8. The highest BCUT2D eigenvalue weighted by molar-refractivity contribution is 5.97. The van der Waals surface area contributed by atoms with E-state index < -0.39 is 126 Å². The van der Waals surface area contributed by atoms with Crippen molar-refractivity contribution >= 4 is 53.2 Å². The van der Waals surface area contributed by atoms with Crippen LogP contribution in [0.4, 0.5) is 0 Å². The molecule has 0 aliphatic heterocycles. The molecule has 0 aliphatic rings. The quantitative estimate of drug-likeness (QED) is 0.0482. The summed E-state index contributed by atoms with van der Waals surface area (Å²) in [6.07, 6.45) is 1.97. The molecular weight excluding hydrogens is 863 g/mol. The van der Waals surface area contributed by atoms with E-state index in [0.717, 1.165) is 0 Å². The Morgan fingerprint density at radius 1 is 0.403 bits per heavy atom. The Bertz CT molecular complexity index is 1640. The standard InChI is InChI=1S/C48H89N9O10/c1-17-30(15)39(54-36(58)23-50-44(62)37(28(11)12)56-47(65)40(31(16)18-2)57-41(59)32(49)19-24(3)4)46(64)52-33(20-25(5)6)42(60)51-34(21-26(7)8)43(61)55-38(29(13)14)45(63)53-35(48(66)67)22-27(9)10/h24-35,37-40H,17-23,49H2,1-16H3,(H,50,62)(H,51,60)(H,52,64)(H,53,63)(H,54,58)(H,55,61)(H,56,65)(H,57,59)(H,66,67). The molecule has 67 heavy (non-hydrogen) atoms. The van der Waals surface area contributed by atoms with Crippen LogP contribution < -0.4 is 48.3 Å². The molecule has 10 atom stereocenters. The van der Waals surface area contributed by atoms with Crippen LogP contribution in [0.1, 0.15) is 149 Å². The lowest BCUT2D eigenvalue weighted by Gasteiger charge is -2.30. The fourth-order valence-electron chi connectivity index (χ4n) is 7.24. The molecule has 0 heterocycles. The van der Waals surface area contributed by atoms with Crippen LogP contribution in [0.3, 0.4) is 0 Å². The van der Waals surface area contributed by atoms with Gasteiger partial charge in [-0.25, -0.2) is 4.79 Å². The van der Waals surface area contributed by atoms with Gasteiger partial charge in [0.1, 0.15) is 42.3 Å². The molecule has 19 nitrogen and oxygen atoms in total. The molecule has 0 fully saturated rings. The highest BCUT2D eigenvalue weighted by atomic mass is 16.4. The van der Waals surface area contributed by atoms with Crippen LogP contribution in [0, 0.1) is 47.3 Å². The molecular formula is C48H89N9O10. The predicted octanol–water partition coefficient (Wildman–Crippen LogP) is 2.50. The summed E-state index contributed by atoms with van der Waals surface area (Å²) in [5.41, 5.74) is 6.08.